The van der Waals surface area contributed by atoms with Crippen molar-refractivity contribution in [2.45, 2.75) is 76.1 Å². The summed E-state index contributed by atoms with van der Waals surface area (Å²) in [6.07, 6.45) is 2.16. The predicted molar refractivity (Wildman–Crippen MR) is 98.8 cm³/mol. The molecule has 0 aromatic carbocycles. The summed E-state index contributed by atoms with van der Waals surface area (Å²) in [6.45, 7) is -0.425. The molecular weight excluding hydrogens is 428 g/mol. The van der Waals surface area contributed by atoms with Gasteiger partial charge >= 0.3 is 17.8 Å². The Hall–Kier alpha value is -0.900. The maximum atomic E-state index is 14.2. The number of carbonyl (C=O) groups is 1. The van der Waals surface area contributed by atoms with Crippen molar-refractivity contribution in [2.75, 3.05) is 12.4 Å². The van der Waals surface area contributed by atoms with E-state index in [1.807, 2.05) is 0 Å². The molecule has 5 saturated carbocycles. The highest BCUT2D eigenvalue weighted by Crippen LogP contribution is 2.70. The van der Waals surface area contributed by atoms with Crippen LogP contribution in [0, 0.1) is 28.6 Å². The monoisotopic (exact) mass is 456 g/mol. The Morgan fingerprint density at radius 1 is 0.933 bits per heavy atom. The van der Waals surface area contributed by atoms with Gasteiger partial charge in [-0.25, -0.2) is 0 Å². The number of ether oxygens (including phenoxy) is 1. The molecule has 30 heavy (non-hydrogen) atoms. The van der Waals surface area contributed by atoms with Gasteiger partial charge in [-0.2, -0.15) is 26.0 Å². The summed E-state index contributed by atoms with van der Waals surface area (Å²) in [6, 6.07) is 0. The van der Waals surface area contributed by atoms with E-state index < -0.39 is 64.0 Å². The highest BCUT2D eigenvalue weighted by atomic mass is 32.2. The molecule has 4 bridgehead atoms. The number of alkyl halides is 4. The third kappa shape index (κ3) is 3.65. The van der Waals surface area contributed by atoms with Crippen LogP contribution in [-0.4, -0.2) is 43.1 Å². The van der Waals surface area contributed by atoms with Gasteiger partial charge in [-0.3, -0.25) is 9.35 Å². The summed E-state index contributed by atoms with van der Waals surface area (Å²) in [5.74, 6) is -8.84. The van der Waals surface area contributed by atoms with Crippen LogP contribution in [-0.2, 0) is 19.6 Å². The molecule has 10 heteroatoms. The minimum atomic E-state index is -4.24. The average Bonchev–Trinajstić information content (AvgIpc) is 2.60. The summed E-state index contributed by atoms with van der Waals surface area (Å²) in [5, 5.41) is 0. The maximum absolute atomic E-state index is 14.2. The van der Waals surface area contributed by atoms with Gasteiger partial charge in [-0.1, -0.05) is 0 Å². The van der Waals surface area contributed by atoms with E-state index in [2.05, 4.69) is 0 Å². The number of halogens is 4. The Kier molecular flexibility index (Phi) is 5.24. The van der Waals surface area contributed by atoms with Crippen molar-refractivity contribution >= 4 is 16.1 Å². The quantitative estimate of drug-likeness (QED) is 0.384. The zero-order valence-corrected chi connectivity index (χ0v) is 17.5. The minimum absolute atomic E-state index is 0.0143. The van der Waals surface area contributed by atoms with Crippen molar-refractivity contribution in [3.05, 3.63) is 0 Å². The van der Waals surface area contributed by atoms with Crippen LogP contribution in [0.25, 0.3) is 0 Å². The molecule has 5 aliphatic carbocycles. The standard InChI is InChI=1S/C20H28F4O5S/c21-19(22)3-1-2-18(4-5-20(19,23)24)14-8-13-9-15(18)12-17(10-13,11-14)16(25)29-6-7-30(26,27)28/h13-15H,1-12H2,(H,26,27,28). The first-order valence-corrected chi connectivity index (χ1v) is 12.3. The molecule has 5 fully saturated rings. The van der Waals surface area contributed by atoms with E-state index >= 15 is 0 Å². The lowest BCUT2D eigenvalue weighted by Gasteiger charge is -2.65. The van der Waals surface area contributed by atoms with Gasteiger partial charge in [0.2, 0.25) is 0 Å². The molecule has 0 aromatic heterocycles. The first-order chi connectivity index (χ1) is 13.8. The third-order valence-electron chi connectivity index (χ3n) is 8.40. The molecule has 0 radical (unpaired) electrons. The van der Waals surface area contributed by atoms with Crippen molar-refractivity contribution < 1.29 is 40.1 Å². The number of rotatable bonds is 4. The van der Waals surface area contributed by atoms with E-state index in [4.69, 9.17) is 9.29 Å². The Morgan fingerprint density at radius 3 is 2.13 bits per heavy atom. The molecule has 0 aliphatic heterocycles. The van der Waals surface area contributed by atoms with E-state index in [0.717, 1.165) is 12.8 Å². The first-order valence-electron chi connectivity index (χ1n) is 10.7. The second-order valence-corrected chi connectivity index (χ2v) is 11.6. The van der Waals surface area contributed by atoms with Gasteiger partial charge < -0.3 is 4.74 Å². The van der Waals surface area contributed by atoms with Gasteiger partial charge in [0.15, 0.2) is 0 Å². The molecule has 5 nitrogen and oxygen atoms in total. The van der Waals surface area contributed by atoms with Crippen LogP contribution in [0.3, 0.4) is 0 Å². The third-order valence-corrected chi connectivity index (χ3v) is 9.08. The summed E-state index contributed by atoms with van der Waals surface area (Å²) < 4.78 is 91.8. The van der Waals surface area contributed by atoms with Gasteiger partial charge in [-0.15, -0.1) is 0 Å². The fourth-order valence-electron chi connectivity index (χ4n) is 7.17. The van der Waals surface area contributed by atoms with Crippen LogP contribution in [0.1, 0.15) is 64.2 Å². The van der Waals surface area contributed by atoms with E-state index in [-0.39, 0.29) is 30.6 Å². The number of hydrogen-bond donors (Lipinski definition) is 1. The summed E-state index contributed by atoms with van der Waals surface area (Å²) >= 11 is 0. The van der Waals surface area contributed by atoms with Crippen LogP contribution >= 0.6 is 0 Å². The summed E-state index contributed by atoms with van der Waals surface area (Å²) in [4.78, 5) is 12.8. The predicted octanol–water partition coefficient (Wildman–Crippen LogP) is 4.46. The summed E-state index contributed by atoms with van der Waals surface area (Å²) in [5.41, 5.74) is -1.19. The fraction of sp³-hybridized carbons (Fsp3) is 0.950. The molecule has 0 heterocycles. The van der Waals surface area contributed by atoms with Gasteiger partial charge in [0.25, 0.3) is 10.1 Å². The Bertz CT molecular complexity index is 796. The van der Waals surface area contributed by atoms with E-state index in [1.54, 1.807) is 0 Å². The molecule has 1 spiro atoms. The molecular formula is C20H28F4O5S. The van der Waals surface area contributed by atoms with E-state index in [1.165, 1.54) is 0 Å². The zero-order valence-electron chi connectivity index (χ0n) is 16.7. The van der Waals surface area contributed by atoms with Crippen molar-refractivity contribution in [1.82, 2.24) is 0 Å². The lowest BCUT2D eigenvalue weighted by molar-refractivity contribution is -0.240. The lowest BCUT2D eigenvalue weighted by Crippen LogP contribution is -2.60. The van der Waals surface area contributed by atoms with Crippen molar-refractivity contribution in [3.63, 3.8) is 0 Å². The first kappa shape index (κ1) is 22.3. The summed E-state index contributed by atoms with van der Waals surface area (Å²) in [7, 11) is -4.24. The molecule has 0 amide bonds. The van der Waals surface area contributed by atoms with Gasteiger partial charge in [0.05, 0.1) is 5.41 Å². The second kappa shape index (κ2) is 7.05. The molecule has 172 valence electrons. The van der Waals surface area contributed by atoms with Crippen LogP contribution in [0.15, 0.2) is 0 Å². The Labute approximate surface area is 173 Å². The van der Waals surface area contributed by atoms with Crippen molar-refractivity contribution in [3.8, 4) is 0 Å². The van der Waals surface area contributed by atoms with Gasteiger partial charge in [-0.05, 0) is 74.5 Å². The second-order valence-electron chi connectivity index (χ2n) is 10.0. The van der Waals surface area contributed by atoms with Crippen LogP contribution in [0.5, 0.6) is 0 Å². The molecule has 0 aromatic rings. The molecule has 2 atom stereocenters. The van der Waals surface area contributed by atoms with Gasteiger partial charge in [0, 0.05) is 12.8 Å². The molecule has 2 unspecified atom stereocenters. The SMILES string of the molecule is O=C(OCCS(=O)(=O)O)C12CC3CC(C1)C1(CCCC(F)(F)C(F)(F)CC1)C(C3)C2. The van der Waals surface area contributed by atoms with Crippen LogP contribution < -0.4 is 0 Å². The number of esters is 1. The molecule has 5 rings (SSSR count). The topological polar surface area (TPSA) is 80.7 Å². The fourth-order valence-corrected chi connectivity index (χ4v) is 7.46. The normalized spacial score (nSPS) is 42.0. The highest BCUT2D eigenvalue weighted by molar-refractivity contribution is 7.85. The maximum Gasteiger partial charge on any atom is 0.312 e. The van der Waals surface area contributed by atoms with Crippen LogP contribution in [0.4, 0.5) is 17.6 Å². The van der Waals surface area contributed by atoms with Crippen molar-refractivity contribution in [2.24, 2.45) is 28.6 Å². The Morgan fingerprint density at radius 2 is 1.53 bits per heavy atom. The van der Waals surface area contributed by atoms with E-state index in [9.17, 15) is 30.8 Å². The number of hydrogen-bond acceptors (Lipinski definition) is 4. The molecule has 1 N–H and O–H groups in total. The van der Waals surface area contributed by atoms with Gasteiger partial charge in [0.1, 0.15) is 12.4 Å². The minimum Gasteiger partial charge on any atom is -0.464 e. The van der Waals surface area contributed by atoms with E-state index in [0.29, 0.717) is 25.7 Å². The Balaban J connectivity index is 1.51. The highest BCUT2D eigenvalue weighted by Gasteiger charge is 2.66. The lowest BCUT2D eigenvalue weighted by atomic mass is 9.39. The smallest absolute Gasteiger partial charge is 0.312 e. The van der Waals surface area contributed by atoms with Crippen LogP contribution in [0.2, 0.25) is 0 Å². The molecule has 5 aliphatic rings. The molecule has 0 saturated heterocycles. The van der Waals surface area contributed by atoms with Crippen molar-refractivity contribution in [1.29, 1.82) is 0 Å². The average molecular weight is 456 g/mol. The zero-order chi connectivity index (χ0) is 22.0. The number of carbonyl (C=O) groups excluding carboxylic acids is 1. The largest absolute Gasteiger partial charge is 0.464 e.